The van der Waals surface area contributed by atoms with Gasteiger partial charge >= 0.3 is 0 Å². The van der Waals surface area contributed by atoms with Gasteiger partial charge in [-0.25, -0.2) is 4.39 Å². The topological polar surface area (TPSA) is 68.5 Å². The van der Waals surface area contributed by atoms with Crippen molar-refractivity contribution in [2.75, 3.05) is 19.7 Å². The van der Waals surface area contributed by atoms with Crippen LogP contribution >= 0.6 is 0 Å². The van der Waals surface area contributed by atoms with Crippen molar-refractivity contribution in [3.05, 3.63) is 41.8 Å². The fraction of sp³-hybridized carbons (Fsp3) is 0.400. The van der Waals surface area contributed by atoms with Crippen LogP contribution in [0, 0.1) is 12.7 Å². The summed E-state index contributed by atoms with van der Waals surface area (Å²) in [7, 11) is 0. The fourth-order valence-electron chi connectivity index (χ4n) is 2.46. The maximum atomic E-state index is 13.4. The van der Waals surface area contributed by atoms with Crippen LogP contribution in [0.25, 0.3) is 0 Å². The van der Waals surface area contributed by atoms with Crippen LogP contribution in [0.15, 0.2) is 28.8 Å². The maximum absolute atomic E-state index is 13.4. The minimum absolute atomic E-state index is 0.0543. The first-order valence-corrected chi connectivity index (χ1v) is 7.09. The molecule has 7 heteroatoms. The van der Waals surface area contributed by atoms with Crippen LogP contribution in [0.4, 0.5) is 4.39 Å². The fourth-order valence-corrected chi connectivity index (χ4v) is 2.46. The maximum Gasteiger partial charge on any atom is 0.260 e. The van der Waals surface area contributed by atoms with Crippen molar-refractivity contribution in [2.45, 2.75) is 19.3 Å². The molecule has 3 rings (SSSR count). The molecule has 1 aliphatic rings. The van der Waals surface area contributed by atoms with Crippen molar-refractivity contribution in [3.8, 4) is 5.75 Å². The van der Waals surface area contributed by atoms with Crippen molar-refractivity contribution < 1.29 is 18.4 Å². The molecule has 0 radical (unpaired) electrons. The van der Waals surface area contributed by atoms with Crippen molar-refractivity contribution in [2.24, 2.45) is 0 Å². The summed E-state index contributed by atoms with van der Waals surface area (Å²) in [5.41, 5.74) is 0. The Morgan fingerprint density at radius 2 is 2.32 bits per heavy atom. The molecular formula is C15H16FN3O3. The first-order chi connectivity index (χ1) is 10.6. The Hall–Kier alpha value is -2.44. The van der Waals surface area contributed by atoms with Crippen LogP contribution in [-0.4, -0.2) is 40.6 Å². The van der Waals surface area contributed by atoms with Crippen molar-refractivity contribution in [1.29, 1.82) is 0 Å². The number of hydrogen-bond donors (Lipinski definition) is 0. The normalized spacial score (nSPS) is 17.7. The SMILES string of the molecule is Cc1noc([C@@H]2CCN(C(=O)COc3ccccc3F)C2)n1. The zero-order valence-electron chi connectivity index (χ0n) is 12.2. The number of likely N-dealkylation sites (tertiary alicyclic amines) is 1. The van der Waals surface area contributed by atoms with E-state index in [1.54, 1.807) is 24.0 Å². The average molecular weight is 305 g/mol. The van der Waals surface area contributed by atoms with Gasteiger partial charge in [-0.15, -0.1) is 0 Å². The molecule has 0 bridgehead atoms. The van der Waals surface area contributed by atoms with E-state index in [-0.39, 0.29) is 24.2 Å². The van der Waals surface area contributed by atoms with E-state index < -0.39 is 5.82 Å². The van der Waals surface area contributed by atoms with E-state index in [4.69, 9.17) is 9.26 Å². The molecule has 0 unspecified atom stereocenters. The predicted molar refractivity (Wildman–Crippen MR) is 74.9 cm³/mol. The first-order valence-electron chi connectivity index (χ1n) is 7.09. The number of carbonyl (C=O) groups excluding carboxylic acids is 1. The van der Waals surface area contributed by atoms with Gasteiger partial charge in [0.25, 0.3) is 5.91 Å². The van der Waals surface area contributed by atoms with E-state index in [1.807, 2.05) is 0 Å². The largest absolute Gasteiger partial charge is 0.481 e. The Labute approximate surface area is 126 Å². The third kappa shape index (κ3) is 3.08. The number of hydrogen-bond acceptors (Lipinski definition) is 5. The Kier molecular flexibility index (Phi) is 4.04. The highest BCUT2D eigenvalue weighted by atomic mass is 19.1. The highest BCUT2D eigenvalue weighted by Crippen LogP contribution is 2.26. The molecule has 2 heterocycles. The lowest BCUT2D eigenvalue weighted by Crippen LogP contribution is -2.33. The summed E-state index contributed by atoms with van der Waals surface area (Å²) in [6.45, 7) is 2.69. The number of carbonyl (C=O) groups is 1. The lowest BCUT2D eigenvalue weighted by molar-refractivity contribution is -0.132. The zero-order chi connectivity index (χ0) is 15.5. The van der Waals surface area contributed by atoms with Crippen molar-refractivity contribution >= 4 is 5.91 Å². The van der Waals surface area contributed by atoms with E-state index in [2.05, 4.69) is 10.1 Å². The van der Waals surface area contributed by atoms with Crippen LogP contribution in [0.5, 0.6) is 5.75 Å². The second-order valence-electron chi connectivity index (χ2n) is 5.22. The zero-order valence-corrected chi connectivity index (χ0v) is 12.2. The van der Waals surface area contributed by atoms with Crippen LogP contribution in [0.1, 0.15) is 24.1 Å². The number of benzene rings is 1. The number of ether oxygens (including phenoxy) is 1. The molecule has 1 aromatic heterocycles. The molecule has 0 saturated carbocycles. The molecule has 22 heavy (non-hydrogen) atoms. The summed E-state index contributed by atoms with van der Waals surface area (Å²) in [6.07, 6.45) is 0.771. The molecule has 6 nitrogen and oxygen atoms in total. The van der Waals surface area contributed by atoms with Crippen LogP contribution in [0.2, 0.25) is 0 Å². The number of nitrogens with zero attached hydrogens (tertiary/aromatic N) is 3. The molecular weight excluding hydrogens is 289 g/mol. The van der Waals surface area contributed by atoms with Gasteiger partial charge < -0.3 is 14.2 Å². The number of aryl methyl sites for hydroxylation is 1. The summed E-state index contributed by atoms with van der Waals surface area (Å²) < 4.78 is 23.8. The summed E-state index contributed by atoms with van der Waals surface area (Å²) in [6, 6.07) is 6.02. The van der Waals surface area contributed by atoms with Crippen LogP contribution in [0.3, 0.4) is 0 Å². The summed E-state index contributed by atoms with van der Waals surface area (Å²) in [4.78, 5) is 18.0. The van der Waals surface area contributed by atoms with Crippen LogP contribution in [-0.2, 0) is 4.79 Å². The third-order valence-electron chi connectivity index (χ3n) is 3.62. The minimum Gasteiger partial charge on any atom is -0.481 e. The van der Waals surface area contributed by atoms with Gasteiger partial charge in [-0.1, -0.05) is 17.3 Å². The van der Waals surface area contributed by atoms with Gasteiger partial charge in [-0.05, 0) is 25.5 Å². The Bertz CT molecular complexity index is 674. The number of rotatable bonds is 4. The van der Waals surface area contributed by atoms with E-state index in [0.717, 1.165) is 6.42 Å². The summed E-state index contributed by atoms with van der Waals surface area (Å²) >= 11 is 0. The molecule has 1 aromatic carbocycles. The van der Waals surface area contributed by atoms with E-state index in [0.29, 0.717) is 24.8 Å². The average Bonchev–Trinajstić information content (AvgIpc) is 3.15. The number of para-hydroxylation sites is 1. The standard InChI is InChI=1S/C15H16FN3O3/c1-10-17-15(22-18-10)11-6-7-19(8-11)14(20)9-21-13-5-3-2-4-12(13)16/h2-5,11H,6-9H2,1H3/t11-/m1/s1. The summed E-state index contributed by atoms with van der Waals surface area (Å²) in [5, 5.41) is 3.76. The number of amides is 1. The number of halogens is 1. The van der Waals surface area contributed by atoms with Gasteiger partial charge in [-0.2, -0.15) is 4.98 Å². The molecule has 0 aliphatic carbocycles. The molecule has 1 amide bonds. The van der Waals surface area contributed by atoms with E-state index >= 15 is 0 Å². The first kappa shape index (κ1) is 14.5. The highest BCUT2D eigenvalue weighted by Gasteiger charge is 2.31. The Morgan fingerprint density at radius 3 is 3.05 bits per heavy atom. The lowest BCUT2D eigenvalue weighted by atomic mass is 10.1. The molecule has 1 aliphatic heterocycles. The van der Waals surface area contributed by atoms with E-state index in [1.165, 1.54) is 12.1 Å². The van der Waals surface area contributed by atoms with Gasteiger partial charge in [0.1, 0.15) is 0 Å². The van der Waals surface area contributed by atoms with Gasteiger partial charge in [0.15, 0.2) is 24.0 Å². The van der Waals surface area contributed by atoms with Crippen molar-refractivity contribution in [3.63, 3.8) is 0 Å². The highest BCUT2D eigenvalue weighted by molar-refractivity contribution is 5.78. The van der Waals surface area contributed by atoms with Gasteiger partial charge in [0, 0.05) is 13.1 Å². The third-order valence-corrected chi connectivity index (χ3v) is 3.62. The summed E-state index contributed by atoms with van der Waals surface area (Å²) in [5.74, 6) is 0.626. The molecule has 116 valence electrons. The Balaban J connectivity index is 1.54. The second kappa shape index (κ2) is 6.13. The van der Waals surface area contributed by atoms with Gasteiger partial charge in [0.05, 0.1) is 5.92 Å². The number of aromatic nitrogens is 2. The quantitative estimate of drug-likeness (QED) is 0.863. The van der Waals surface area contributed by atoms with Crippen LogP contribution < -0.4 is 4.74 Å². The molecule has 1 fully saturated rings. The van der Waals surface area contributed by atoms with Crippen molar-refractivity contribution in [1.82, 2.24) is 15.0 Å². The monoisotopic (exact) mass is 305 g/mol. The Morgan fingerprint density at radius 1 is 1.50 bits per heavy atom. The molecule has 0 N–H and O–H groups in total. The molecule has 1 saturated heterocycles. The second-order valence-corrected chi connectivity index (χ2v) is 5.22. The smallest absolute Gasteiger partial charge is 0.260 e. The minimum atomic E-state index is -0.476. The van der Waals surface area contributed by atoms with E-state index in [9.17, 15) is 9.18 Å². The molecule has 2 aromatic rings. The lowest BCUT2D eigenvalue weighted by Gasteiger charge is -2.16. The molecule has 0 spiro atoms. The molecule has 1 atom stereocenters. The van der Waals surface area contributed by atoms with Gasteiger partial charge in [-0.3, -0.25) is 4.79 Å². The van der Waals surface area contributed by atoms with Gasteiger partial charge in [0.2, 0.25) is 5.89 Å². The predicted octanol–water partition coefficient (Wildman–Crippen LogP) is 1.91.